The van der Waals surface area contributed by atoms with Crippen LogP contribution in [0.15, 0.2) is 61.4 Å². The normalized spacial score (nSPS) is 12.0. The zero-order valence-electron chi connectivity index (χ0n) is 14.1. The third kappa shape index (κ3) is 4.73. The summed E-state index contributed by atoms with van der Waals surface area (Å²) in [5, 5.41) is 7.12. The van der Waals surface area contributed by atoms with Gasteiger partial charge in [0.05, 0.1) is 6.54 Å². The van der Waals surface area contributed by atoms with Gasteiger partial charge in [-0.2, -0.15) is 16.9 Å². The summed E-state index contributed by atoms with van der Waals surface area (Å²) in [7, 11) is 0. The minimum Gasteiger partial charge on any atom is -0.342 e. The first kappa shape index (κ1) is 17.3. The Hall–Kier alpha value is -2.54. The van der Waals surface area contributed by atoms with Crippen LogP contribution < -0.4 is 5.32 Å². The van der Waals surface area contributed by atoms with E-state index in [1.165, 1.54) is 6.33 Å². The van der Waals surface area contributed by atoms with E-state index in [9.17, 15) is 4.79 Å². The third-order valence-corrected chi connectivity index (χ3v) is 4.56. The van der Waals surface area contributed by atoms with Crippen LogP contribution in [0.25, 0.3) is 0 Å². The van der Waals surface area contributed by atoms with Crippen LogP contribution in [0.5, 0.6) is 0 Å². The predicted molar refractivity (Wildman–Crippen MR) is 101 cm³/mol. The number of aromatic nitrogens is 4. The Morgan fingerprint density at radius 1 is 1.24 bits per heavy atom. The number of hydrogen-bond donors (Lipinski definition) is 1. The molecule has 0 spiro atoms. The first-order chi connectivity index (χ1) is 12.3. The fraction of sp³-hybridized carbons (Fsp3) is 0.278. The maximum Gasteiger partial charge on any atom is 0.247 e. The lowest BCUT2D eigenvalue weighted by Gasteiger charge is -2.18. The fourth-order valence-corrected chi connectivity index (χ4v) is 3.08. The fourth-order valence-electron chi connectivity index (χ4n) is 2.62. The number of thioether (sulfide) groups is 1. The number of hydrogen-bond acceptors (Lipinski definition) is 4. The van der Waals surface area contributed by atoms with Crippen LogP contribution in [0.4, 0.5) is 5.69 Å². The summed E-state index contributed by atoms with van der Waals surface area (Å²) in [6.07, 6.45) is 9.93. The molecule has 7 heteroatoms. The second kappa shape index (κ2) is 8.53. The van der Waals surface area contributed by atoms with E-state index >= 15 is 0 Å². The number of anilines is 1. The molecule has 0 aliphatic heterocycles. The van der Waals surface area contributed by atoms with Gasteiger partial charge in [0, 0.05) is 18.1 Å². The molecule has 0 saturated carbocycles. The van der Waals surface area contributed by atoms with Crippen LogP contribution in [0.1, 0.15) is 18.0 Å². The number of carbonyl (C=O) groups excluding carboxylic acids is 1. The molecule has 25 heavy (non-hydrogen) atoms. The maximum atomic E-state index is 12.7. The highest BCUT2D eigenvalue weighted by Gasteiger charge is 2.19. The van der Waals surface area contributed by atoms with Crippen molar-refractivity contribution in [1.29, 1.82) is 0 Å². The molecule has 0 aliphatic carbocycles. The van der Waals surface area contributed by atoms with Crippen molar-refractivity contribution in [2.45, 2.75) is 19.0 Å². The average Bonchev–Trinajstić information content (AvgIpc) is 3.31. The highest BCUT2D eigenvalue weighted by molar-refractivity contribution is 7.98. The Kier molecular flexibility index (Phi) is 5.90. The van der Waals surface area contributed by atoms with E-state index < -0.39 is 0 Å². The second-order valence-corrected chi connectivity index (χ2v) is 6.69. The molecule has 1 atom stereocenters. The molecule has 3 rings (SSSR count). The summed E-state index contributed by atoms with van der Waals surface area (Å²) >= 11 is 1.75. The number of amides is 1. The van der Waals surface area contributed by atoms with E-state index in [0.717, 1.165) is 23.4 Å². The largest absolute Gasteiger partial charge is 0.342 e. The van der Waals surface area contributed by atoms with Crippen molar-refractivity contribution in [3.05, 3.63) is 67.0 Å². The molecule has 1 N–H and O–H groups in total. The van der Waals surface area contributed by atoms with Crippen LogP contribution in [0.2, 0.25) is 0 Å². The Bertz CT molecular complexity index is 768. The second-order valence-electron chi connectivity index (χ2n) is 5.71. The van der Waals surface area contributed by atoms with E-state index in [0.29, 0.717) is 6.54 Å². The Labute approximate surface area is 151 Å². The highest BCUT2D eigenvalue weighted by Crippen LogP contribution is 2.18. The van der Waals surface area contributed by atoms with E-state index in [2.05, 4.69) is 21.7 Å². The molecule has 1 amide bonds. The standard InChI is InChI=1S/C18H21N5OS/c1-25-11-8-17(22-9-2-3-10-22)18(24)21-16-6-4-15(5-7-16)12-23-14-19-13-20-23/h2-7,9-10,13-14,17H,8,11-12H2,1H3,(H,21,24). The molecule has 1 aromatic carbocycles. The summed E-state index contributed by atoms with van der Waals surface area (Å²) in [5.41, 5.74) is 1.90. The zero-order valence-corrected chi connectivity index (χ0v) is 14.9. The number of nitrogens with zero attached hydrogens (tertiary/aromatic N) is 4. The summed E-state index contributed by atoms with van der Waals surface area (Å²) in [4.78, 5) is 16.6. The lowest BCUT2D eigenvalue weighted by Crippen LogP contribution is -2.25. The van der Waals surface area contributed by atoms with Gasteiger partial charge >= 0.3 is 0 Å². The quantitative estimate of drug-likeness (QED) is 0.674. The van der Waals surface area contributed by atoms with E-state index in [4.69, 9.17) is 0 Å². The summed E-state index contributed by atoms with van der Waals surface area (Å²) in [6, 6.07) is 11.5. The smallest absolute Gasteiger partial charge is 0.247 e. The van der Waals surface area contributed by atoms with Crippen LogP contribution in [-0.2, 0) is 11.3 Å². The van der Waals surface area contributed by atoms with Crippen molar-refractivity contribution in [3.8, 4) is 0 Å². The van der Waals surface area contributed by atoms with Gasteiger partial charge < -0.3 is 9.88 Å². The summed E-state index contributed by atoms with van der Waals surface area (Å²) in [5.74, 6) is 0.946. The first-order valence-corrected chi connectivity index (χ1v) is 9.49. The highest BCUT2D eigenvalue weighted by atomic mass is 32.2. The molecule has 0 radical (unpaired) electrons. The zero-order chi connectivity index (χ0) is 17.5. The molecule has 0 aliphatic rings. The molecule has 0 saturated heterocycles. The molecule has 2 aromatic heterocycles. The minimum absolute atomic E-state index is 0.00859. The van der Waals surface area contributed by atoms with E-state index in [1.54, 1.807) is 22.8 Å². The van der Waals surface area contributed by atoms with Gasteiger partial charge in [-0.3, -0.25) is 4.79 Å². The maximum absolute atomic E-state index is 12.7. The Balaban J connectivity index is 1.64. The molecule has 0 bridgehead atoms. The van der Waals surface area contributed by atoms with Crippen molar-refractivity contribution >= 4 is 23.4 Å². The topological polar surface area (TPSA) is 64.7 Å². The number of nitrogens with one attached hydrogen (secondary N) is 1. The van der Waals surface area contributed by atoms with Crippen molar-refractivity contribution in [3.63, 3.8) is 0 Å². The molecule has 130 valence electrons. The van der Waals surface area contributed by atoms with Crippen molar-refractivity contribution in [2.24, 2.45) is 0 Å². The molecule has 3 aromatic rings. The number of benzene rings is 1. The lowest BCUT2D eigenvalue weighted by molar-refractivity contribution is -0.119. The summed E-state index contributed by atoms with van der Waals surface area (Å²) in [6.45, 7) is 0.661. The predicted octanol–water partition coefficient (Wildman–Crippen LogP) is 3.06. The van der Waals surface area contributed by atoms with Gasteiger partial charge in [0.2, 0.25) is 5.91 Å². The average molecular weight is 355 g/mol. The molecular weight excluding hydrogens is 334 g/mol. The van der Waals surface area contributed by atoms with Gasteiger partial charge in [-0.15, -0.1) is 0 Å². The van der Waals surface area contributed by atoms with Gasteiger partial charge in [0.25, 0.3) is 0 Å². The molecule has 6 nitrogen and oxygen atoms in total. The van der Waals surface area contributed by atoms with Crippen LogP contribution in [0, 0.1) is 0 Å². The summed E-state index contributed by atoms with van der Waals surface area (Å²) < 4.78 is 3.72. The van der Waals surface area contributed by atoms with Crippen LogP contribution in [0.3, 0.4) is 0 Å². The molecule has 2 heterocycles. The molecular formula is C18H21N5OS. The number of rotatable bonds is 8. The third-order valence-electron chi connectivity index (χ3n) is 3.92. The Morgan fingerprint density at radius 2 is 2.00 bits per heavy atom. The van der Waals surface area contributed by atoms with Crippen molar-refractivity contribution in [1.82, 2.24) is 19.3 Å². The van der Waals surface area contributed by atoms with Gasteiger partial charge in [-0.1, -0.05) is 12.1 Å². The molecule has 1 unspecified atom stereocenters. The van der Waals surface area contributed by atoms with Crippen LogP contribution >= 0.6 is 11.8 Å². The SMILES string of the molecule is CSCCC(C(=O)Nc1ccc(Cn2cncn2)cc1)n1cccc1. The van der Waals surface area contributed by atoms with Gasteiger partial charge in [0.15, 0.2) is 0 Å². The lowest BCUT2D eigenvalue weighted by atomic mass is 10.1. The van der Waals surface area contributed by atoms with Crippen molar-refractivity contribution in [2.75, 3.05) is 17.3 Å². The van der Waals surface area contributed by atoms with Gasteiger partial charge in [-0.25, -0.2) is 9.67 Å². The first-order valence-electron chi connectivity index (χ1n) is 8.10. The van der Waals surface area contributed by atoms with E-state index in [-0.39, 0.29) is 11.9 Å². The Morgan fingerprint density at radius 3 is 2.64 bits per heavy atom. The van der Waals surface area contributed by atoms with Crippen molar-refractivity contribution < 1.29 is 4.79 Å². The van der Waals surface area contributed by atoms with Crippen LogP contribution in [-0.4, -0.2) is 37.2 Å². The minimum atomic E-state index is -0.197. The van der Waals surface area contributed by atoms with Gasteiger partial charge in [0.1, 0.15) is 18.7 Å². The monoisotopic (exact) mass is 355 g/mol. The van der Waals surface area contributed by atoms with Gasteiger partial charge in [-0.05, 0) is 48.3 Å². The number of carbonyl (C=O) groups is 1. The molecule has 0 fully saturated rings. The van der Waals surface area contributed by atoms with E-state index in [1.807, 2.05) is 53.4 Å².